The molecule has 1 aliphatic rings. The normalized spacial score (nSPS) is 33.1. The number of aldehydes is 1. The Morgan fingerprint density at radius 1 is 1.60 bits per heavy atom. The summed E-state index contributed by atoms with van der Waals surface area (Å²) in [6.45, 7) is 5.51. The van der Waals surface area contributed by atoms with E-state index in [4.69, 9.17) is 4.74 Å². The molecule has 1 saturated heterocycles. The van der Waals surface area contributed by atoms with Crippen molar-refractivity contribution in [3.05, 3.63) is 0 Å². The first-order valence-corrected chi connectivity index (χ1v) is 3.75. The van der Waals surface area contributed by atoms with Gasteiger partial charge in [-0.15, -0.1) is 0 Å². The van der Waals surface area contributed by atoms with E-state index in [0.717, 1.165) is 19.3 Å². The lowest BCUT2D eigenvalue weighted by atomic mass is 9.78. The van der Waals surface area contributed by atoms with Gasteiger partial charge in [0.25, 0.3) is 0 Å². The zero-order valence-corrected chi connectivity index (χ0v) is 6.59. The van der Waals surface area contributed by atoms with Crippen LogP contribution in [0, 0.1) is 11.3 Å². The number of rotatable bonds is 2. The molecule has 0 bridgehead atoms. The molecule has 1 fully saturated rings. The molecule has 0 radical (unpaired) electrons. The summed E-state index contributed by atoms with van der Waals surface area (Å²) in [6, 6.07) is 0. The van der Waals surface area contributed by atoms with Crippen molar-refractivity contribution < 1.29 is 9.53 Å². The van der Waals surface area contributed by atoms with Gasteiger partial charge in [-0.3, -0.25) is 0 Å². The largest absolute Gasteiger partial charge is 0.380 e. The molecule has 0 aromatic rings. The molecule has 0 aliphatic carbocycles. The zero-order chi connectivity index (χ0) is 7.61. The average molecular weight is 142 g/mol. The van der Waals surface area contributed by atoms with Crippen LogP contribution in [0.2, 0.25) is 0 Å². The number of carbonyl (C=O) groups is 1. The molecule has 0 spiro atoms. The first kappa shape index (κ1) is 7.73. The minimum Gasteiger partial charge on any atom is -0.380 e. The van der Waals surface area contributed by atoms with Crippen molar-refractivity contribution in [3.63, 3.8) is 0 Å². The van der Waals surface area contributed by atoms with E-state index >= 15 is 0 Å². The van der Waals surface area contributed by atoms with Gasteiger partial charge in [0.15, 0.2) is 0 Å². The molecular formula is C8H14O2. The molecule has 0 amide bonds. The number of carbonyl (C=O) groups excluding carboxylic acids is 1. The number of hydrogen-bond donors (Lipinski definition) is 0. The molecule has 2 nitrogen and oxygen atoms in total. The first-order chi connectivity index (χ1) is 4.71. The van der Waals surface area contributed by atoms with Crippen LogP contribution in [0.1, 0.15) is 20.3 Å². The Hall–Kier alpha value is -0.370. The van der Waals surface area contributed by atoms with Crippen molar-refractivity contribution in [2.75, 3.05) is 13.2 Å². The summed E-state index contributed by atoms with van der Waals surface area (Å²) in [5, 5.41) is 0. The SMILES string of the molecule is CC(C)C1(C=O)CCOC1. The lowest BCUT2D eigenvalue weighted by Gasteiger charge is -2.24. The van der Waals surface area contributed by atoms with Gasteiger partial charge in [-0.1, -0.05) is 13.8 Å². The van der Waals surface area contributed by atoms with Crippen molar-refractivity contribution in [1.29, 1.82) is 0 Å². The zero-order valence-electron chi connectivity index (χ0n) is 6.59. The van der Waals surface area contributed by atoms with Gasteiger partial charge in [0, 0.05) is 6.61 Å². The van der Waals surface area contributed by atoms with Gasteiger partial charge in [-0.25, -0.2) is 0 Å². The number of ether oxygens (including phenoxy) is 1. The average Bonchev–Trinajstić information content (AvgIpc) is 2.35. The van der Waals surface area contributed by atoms with E-state index in [2.05, 4.69) is 13.8 Å². The van der Waals surface area contributed by atoms with Gasteiger partial charge in [0.1, 0.15) is 6.29 Å². The summed E-state index contributed by atoms with van der Waals surface area (Å²) in [4.78, 5) is 10.7. The molecule has 0 aromatic heterocycles. The highest BCUT2D eigenvalue weighted by atomic mass is 16.5. The molecule has 1 rings (SSSR count). The highest BCUT2D eigenvalue weighted by Gasteiger charge is 2.37. The van der Waals surface area contributed by atoms with E-state index in [-0.39, 0.29) is 5.41 Å². The Morgan fingerprint density at radius 3 is 2.50 bits per heavy atom. The summed E-state index contributed by atoms with van der Waals surface area (Å²) in [7, 11) is 0. The van der Waals surface area contributed by atoms with Crippen molar-refractivity contribution in [3.8, 4) is 0 Å². The van der Waals surface area contributed by atoms with Gasteiger partial charge in [-0.2, -0.15) is 0 Å². The smallest absolute Gasteiger partial charge is 0.128 e. The lowest BCUT2D eigenvalue weighted by Crippen LogP contribution is -2.29. The van der Waals surface area contributed by atoms with Gasteiger partial charge < -0.3 is 9.53 Å². The summed E-state index contributed by atoms with van der Waals surface area (Å²) >= 11 is 0. The monoisotopic (exact) mass is 142 g/mol. The number of hydrogen-bond acceptors (Lipinski definition) is 2. The maximum Gasteiger partial charge on any atom is 0.128 e. The maximum atomic E-state index is 10.7. The maximum absolute atomic E-state index is 10.7. The van der Waals surface area contributed by atoms with Crippen LogP contribution in [0.25, 0.3) is 0 Å². The minimum atomic E-state index is -0.167. The van der Waals surface area contributed by atoms with Gasteiger partial charge in [0.05, 0.1) is 12.0 Å². The predicted octanol–water partition coefficient (Wildman–Crippen LogP) is 1.25. The second-order valence-corrected chi connectivity index (χ2v) is 3.31. The molecule has 58 valence electrons. The Balaban J connectivity index is 2.67. The van der Waals surface area contributed by atoms with Crippen molar-refractivity contribution in [2.45, 2.75) is 20.3 Å². The molecule has 2 heteroatoms. The Bertz CT molecular complexity index is 123. The molecule has 1 heterocycles. The lowest BCUT2D eigenvalue weighted by molar-refractivity contribution is -0.118. The minimum absolute atomic E-state index is 0.167. The van der Waals surface area contributed by atoms with E-state index in [9.17, 15) is 4.79 Å². The van der Waals surface area contributed by atoms with Crippen molar-refractivity contribution in [1.82, 2.24) is 0 Å². The van der Waals surface area contributed by atoms with Crippen LogP contribution < -0.4 is 0 Å². The summed E-state index contributed by atoms with van der Waals surface area (Å²) in [5.41, 5.74) is -0.167. The van der Waals surface area contributed by atoms with E-state index in [1.54, 1.807) is 0 Å². The van der Waals surface area contributed by atoms with Gasteiger partial charge in [-0.05, 0) is 12.3 Å². The third-order valence-electron chi connectivity index (χ3n) is 2.47. The second-order valence-electron chi connectivity index (χ2n) is 3.31. The molecule has 1 unspecified atom stereocenters. The van der Waals surface area contributed by atoms with Crippen LogP contribution in [0.5, 0.6) is 0 Å². The van der Waals surface area contributed by atoms with Crippen LogP contribution in [0.15, 0.2) is 0 Å². The highest BCUT2D eigenvalue weighted by molar-refractivity contribution is 5.60. The first-order valence-electron chi connectivity index (χ1n) is 3.75. The van der Waals surface area contributed by atoms with E-state index in [1.807, 2.05) is 0 Å². The van der Waals surface area contributed by atoms with Crippen LogP contribution in [-0.2, 0) is 9.53 Å². The van der Waals surface area contributed by atoms with E-state index in [0.29, 0.717) is 12.5 Å². The fourth-order valence-electron chi connectivity index (χ4n) is 1.28. The molecule has 10 heavy (non-hydrogen) atoms. The Kier molecular flexibility index (Phi) is 2.09. The molecule has 0 saturated carbocycles. The van der Waals surface area contributed by atoms with Crippen molar-refractivity contribution in [2.24, 2.45) is 11.3 Å². The van der Waals surface area contributed by atoms with Gasteiger partial charge >= 0.3 is 0 Å². The summed E-state index contributed by atoms with van der Waals surface area (Å²) < 4.78 is 5.18. The summed E-state index contributed by atoms with van der Waals surface area (Å²) in [6.07, 6.45) is 1.96. The fourth-order valence-corrected chi connectivity index (χ4v) is 1.28. The Morgan fingerprint density at radius 2 is 2.30 bits per heavy atom. The fraction of sp³-hybridized carbons (Fsp3) is 0.875. The molecule has 0 N–H and O–H groups in total. The third-order valence-corrected chi connectivity index (χ3v) is 2.47. The quantitative estimate of drug-likeness (QED) is 0.542. The molecule has 0 aromatic carbocycles. The Labute approximate surface area is 61.6 Å². The molecule has 1 aliphatic heterocycles. The molecular weight excluding hydrogens is 128 g/mol. The van der Waals surface area contributed by atoms with Crippen LogP contribution in [0.4, 0.5) is 0 Å². The summed E-state index contributed by atoms with van der Waals surface area (Å²) in [5.74, 6) is 0.410. The second kappa shape index (κ2) is 2.70. The third kappa shape index (κ3) is 1.08. The van der Waals surface area contributed by atoms with E-state index < -0.39 is 0 Å². The predicted molar refractivity (Wildman–Crippen MR) is 38.8 cm³/mol. The van der Waals surface area contributed by atoms with Crippen LogP contribution >= 0.6 is 0 Å². The van der Waals surface area contributed by atoms with Gasteiger partial charge in [0.2, 0.25) is 0 Å². The van der Waals surface area contributed by atoms with Crippen LogP contribution in [-0.4, -0.2) is 19.5 Å². The standard InChI is InChI=1S/C8H14O2/c1-7(2)8(5-9)3-4-10-6-8/h5,7H,3-4,6H2,1-2H3. The van der Waals surface area contributed by atoms with E-state index in [1.165, 1.54) is 0 Å². The topological polar surface area (TPSA) is 26.3 Å². The highest BCUT2D eigenvalue weighted by Crippen LogP contribution is 2.33. The van der Waals surface area contributed by atoms with Crippen LogP contribution in [0.3, 0.4) is 0 Å². The molecule has 1 atom stereocenters. The van der Waals surface area contributed by atoms with Crippen molar-refractivity contribution >= 4 is 6.29 Å².